The van der Waals surface area contributed by atoms with Crippen molar-refractivity contribution in [3.8, 4) is 67.3 Å². The number of fused-ring (bicyclic) bond motifs is 6. The van der Waals surface area contributed by atoms with Crippen LogP contribution in [0.25, 0.3) is 89.2 Å². The van der Waals surface area contributed by atoms with E-state index in [0.717, 1.165) is 61.1 Å². The molecule has 1 aliphatic carbocycles. The standard InChI is InChI=1S/C49H34N2O/c1-49(2)41-19-11-9-17-36(41)37-26-25-35(29-42(37)49)31-21-23-33(24-22-31)46-40(28-27-39-38-18-10-12-20-45(38)52-47(39)46)44-30-43(32-13-5-3-6-14-32)50-48(51-44)34-15-7-4-8-16-34/h3-30H,1-2H3. The quantitative estimate of drug-likeness (QED) is 0.183. The fourth-order valence-electron chi connectivity index (χ4n) is 8.06. The number of aromatic nitrogens is 2. The molecule has 0 atom stereocenters. The van der Waals surface area contributed by atoms with Crippen LogP contribution in [0.3, 0.4) is 0 Å². The van der Waals surface area contributed by atoms with Crippen LogP contribution in [0.5, 0.6) is 0 Å². The molecule has 0 aliphatic heterocycles. The number of benzene rings is 7. The Morgan fingerprint density at radius 1 is 0.423 bits per heavy atom. The summed E-state index contributed by atoms with van der Waals surface area (Å²) in [6.45, 7) is 4.67. The Kier molecular flexibility index (Phi) is 6.84. The number of rotatable bonds is 5. The molecule has 2 aromatic heterocycles. The van der Waals surface area contributed by atoms with Gasteiger partial charge in [0.05, 0.1) is 11.4 Å². The second kappa shape index (κ2) is 11.8. The highest BCUT2D eigenvalue weighted by molar-refractivity contribution is 6.12. The zero-order valence-corrected chi connectivity index (χ0v) is 29.0. The van der Waals surface area contributed by atoms with Gasteiger partial charge in [-0.15, -0.1) is 0 Å². The minimum Gasteiger partial charge on any atom is -0.455 e. The number of furan rings is 1. The summed E-state index contributed by atoms with van der Waals surface area (Å²) in [5, 5.41) is 2.18. The summed E-state index contributed by atoms with van der Waals surface area (Å²) in [5.74, 6) is 0.685. The van der Waals surface area contributed by atoms with Crippen molar-refractivity contribution in [1.29, 1.82) is 0 Å². The predicted molar refractivity (Wildman–Crippen MR) is 214 cm³/mol. The van der Waals surface area contributed by atoms with Crippen LogP contribution < -0.4 is 0 Å². The molecule has 0 amide bonds. The monoisotopic (exact) mass is 666 g/mol. The van der Waals surface area contributed by atoms with Gasteiger partial charge in [-0.05, 0) is 63.2 Å². The predicted octanol–water partition coefficient (Wildman–Crippen LogP) is 13.0. The van der Waals surface area contributed by atoms with E-state index in [0.29, 0.717) is 5.82 Å². The first kappa shape index (κ1) is 30.3. The van der Waals surface area contributed by atoms with Crippen LogP contribution in [0.2, 0.25) is 0 Å². The molecule has 3 heteroatoms. The fourth-order valence-corrected chi connectivity index (χ4v) is 8.06. The van der Waals surface area contributed by atoms with Crippen molar-refractivity contribution in [2.45, 2.75) is 19.3 Å². The molecule has 10 rings (SSSR count). The number of para-hydroxylation sites is 1. The van der Waals surface area contributed by atoms with E-state index < -0.39 is 0 Å². The fraction of sp³-hybridized carbons (Fsp3) is 0.0612. The van der Waals surface area contributed by atoms with Crippen molar-refractivity contribution in [2.75, 3.05) is 0 Å². The maximum Gasteiger partial charge on any atom is 0.160 e. The Balaban J connectivity index is 1.15. The van der Waals surface area contributed by atoms with Gasteiger partial charge in [0.2, 0.25) is 0 Å². The summed E-state index contributed by atoms with van der Waals surface area (Å²) in [4.78, 5) is 10.3. The van der Waals surface area contributed by atoms with Gasteiger partial charge in [0.25, 0.3) is 0 Å². The first-order valence-corrected chi connectivity index (χ1v) is 17.8. The van der Waals surface area contributed by atoms with Gasteiger partial charge < -0.3 is 4.42 Å². The highest BCUT2D eigenvalue weighted by Crippen LogP contribution is 2.50. The zero-order valence-electron chi connectivity index (χ0n) is 29.0. The first-order chi connectivity index (χ1) is 25.5. The molecule has 2 heterocycles. The van der Waals surface area contributed by atoms with Gasteiger partial charge in [-0.2, -0.15) is 0 Å². The second-order valence-electron chi connectivity index (χ2n) is 14.2. The molecule has 0 N–H and O–H groups in total. The van der Waals surface area contributed by atoms with E-state index in [4.69, 9.17) is 14.4 Å². The molecule has 0 saturated carbocycles. The van der Waals surface area contributed by atoms with Crippen LogP contribution in [0.1, 0.15) is 25.0 Å². The third-order valence-corrected chi connectivity index (χ3v) is 10.7. The summed E-state index contributed by atoms with van der Waals surface area (Å²) in [6, 6.07) is 59.9. The average Bonchev–Trinajstić information content (AvgIpc) is 3.70. The molecule has 0 bridgehead atoms. The highest BCUT2D eigenvalue weighted by Gasteiger charge is 2.35. The number of hydrogen-bond acceptors (Lipinski definition) is 3. The maximum atomic E-state index is 6.71. The summed E-state index contributed by atoms with van der Waals surface area (Å²) in [6.07, 6.45) is 0. The molecule has 52 heavy (non-hydrogen) atoms. The van der Waals surface area contributed by atoms with Crippen LogP contribution in [-0.4, -0.2) is 9.97 Å². The van der Waals surface area contributed by atoms with Crippen LogP contribution in [0.4, 0.5) is 0 Å². The van der Waals surface area contributed by atoms with Gasteiger partial charge in [0.15, 0.2) is 5.82 Å². The lowest BCUT2D eigenvalue weighted by Gasteiger charge is -2.22. The topological polar surface area (TPSA) is 38.9 Å². The zero-order chi connectivity index (χ0) is 34.8. The molecule has 9 aromatic rings. The lowest BCUT2D eigenvalue weighted by Crippen LogP contribution is -2.14. The molecule has 0 unspecified atom stereocenters. The molecule has 3 nitrogen and oxygen atoms in total. The van der Waals surface area contributed by atoms with E-state index in [1.54, 1.807) is 0 Å². The Labute approximate surface area is 302 Å². The normalized spacial score (nSPS) is 13.0. The van der Waals surface area contributed by atoms with E-state index in [2.05, 4.69) is 135 Å². The molecule has 0 fully saturated rings. The Morgan fingerprint density at radius 3 is 1.85 bits per heavy atom. The Hall–Kier alpha value is -6.58. The summed E-state index contributed by atoms with van der Waals surface area (Å²) in [7, 11) is 0. The van der Waals surface area contributed by atoms with Gasteiger partial charge in [-0.1, -0.05) is 159 Å². The summed E-state index contributed by atoms with van der Waals surface area (Å²) >= 11 is 0. The van der Waals surface area contributed by atoms with Crippen molar-refractivity contribution < 1.29 is 4.42 Å². The van der Waals surface area contributed by atoms with Gasteiger partial charge in [-0.25, -0.2) is 9.97 Å². The molecule has 0 spiro atoms. The third-order valence-electron chi connectivity index (χ3n) is 10.7. The molecule has 0 radical (unpaired) electrons. The van der Waals surface area contributed by atoms with Crippen molar-refractivity contribution in [3.63, 3.8) is 0 Å². The largest absolute Gasteiger partial charge is 0.455 e. The number of hydrogen-bond donors (Lipinski definition) is 0. The first-order valence-electron chi connectivity index (χ1n) is 17.8. The van der Waals surface area contributed by atoms with E-state index in [-0.39, 0.29) is 5.41 Å². The second-order valence-corrected chi connectivity index (χ2v) is 14.2. The Bertz CT molecular complexity index is 2740. The maximum absolute atomic E-state index is 6.71. The smallest absolute Gasteiger partial charge is 0.160 e. The summed E-state index contributed by atoms with van der Waals surface area (Å²) in [5.41, 5.74) is 16.3. The van der Waals surface area contributed by atoms with E-state index in [1.165, 1.54) is 33.4 Å². The van der Waals surface area contributed by atoms with Gasteiger partial charge in [-0.3, -0.25) is 0 Å². The van der Waals surface area contributed by atoms with E-state index in [1.807, 2.05) is 48.5 Å². The van der Waals surface area contributed by atoms with Crippen LogP contribution in [0, 0.1) is 0 Å². The van der Waals surface area contributed by atoms with Crippen LogP contribution in [-0.2, 0) is 5.41 Å². The molecular weight excluding hydrogens is 633 g/mol. The molecular formula is C49H34N2O. The molecule has 0 saturated heterocycles. The van der Waals surface area contributed by atoms with Crippen molar-refractivity contribution >= 4 is 21.9 Å². The third kappa shape index (κ3) is 4.81. The minimum absolute atomic E-state index is 0.0531. The van der Waals surface area contributed by atoms with E-state index in [9.17, 15) is 0 Å². The lowest BCUT2D eigenvalue weighted by molar-refractivity contribution is 0.660. The van der Waals surface area contributed by atoms with Crippen molar-refractivity contribution in [3.05, 3.63) is 181 Å². The minimum atomic E-state index is -0.0531. The lowest BCUT2D eigenvalue weighted by atomic mass is 9.81. The van der Waals surface area contributed by atoms with Gasteiger partial charge in [0.1, 0.15) is 11.2 Å². The number of nitrogens with zero attached hydrogens (tertiary/aromatic N) is 2. The highest BCUT2D eigenvalue weighted by atomic mass is 16.3. The van der Waals surface area contributed by atoms with Crippen molar-refractivity contribution in [2.24, 2.45) is 0 Å². The molecule has 1 aliphatic rings. The summed E-state index contributed by atoms with van der Waals surface area (Å²) < 4.78 is 6.71. The Morgan fingerprint density at radius 2 is 1.04 bits per heavy atom. The van der Waals surface area contributed by atoms with E-state index >= 15 is 0 Å². The SMILES string of the molecule is CC1(C)c2ccccc2-c2ccc(-c3ccc(-c4c(-c5cc(-c6ccccc6)nc(-c6ccccc6)n5)ccc5c4oc4ccccc45)cc3)cc21. The van der Waals surface area contributed by atoms with Crippen molar-refractivity contribution in [1.82, 2.24) is 9.97 Å². The molecule has 246 valence electrons. The molecule has 7 aromatic carbocycles. The van der Waals surface area contributed by atoms with Gasteiger partial charge >= 0.3 is 0 Å². The average molecular weight is 667 g/mol. The van der Waals surface area contributed by atoms with Gasteiger partial charge in [0, 0.05) is 38.4 Å². The van der Waals surface area contributed by atoms with Crippen LogP contribution in [0.15, 0.2) is 174 Å². The van der Waals surface area contributed by atoms with Crippen LogP contribution >= 0.6 is 0 Å².